The van der Waals surface area contributed by atoms with E-state index < -0.39 is 46.3 Å². The molecule has 0 aliphatic carbocycles. The predicted molar refractivity (Wildman–Crippen MR) is 62.1 cm³/mol. The van der Waals surface area contributed by atoms with E-state index in [9.17, 15) is 44.3 Å². The van der Waals surface area contributed by atoms with Crippen molar-refractivity contribution >= 4 is 22.5 Å². The van der Waals surface area contributed by atoms with Crippen molar-refractivity contribution in [3.63, 3.8) is 0 Å². The Morgan fingerprint density at radius 2 is 1.50 bits per heavy atom. The second kappa shape index (κ2) is 6.10. The summed E-state index contributed by atoms with van der Waals surface area (Å²) in [5.74, 6) is 0. The molecule has 5 nitrogen and oxygen atoms in total. The summed E-state index contributed by atoms with van der Waals surface area (Å²) in [4.78, 5) is 11.3. The molecule has 0 spiro atoms. The van der Waals surface area contributed by atoms with Crippen LogP contribution in [0.1, 0.15) is 5.01 Å². The van der Waals surface area contributed by atoms with Gasteiger partial charge in [-0.25, -0.2) is 4.79 Å². The van der Waals surface area contributed by atoms with E-state index >= 15 is 0 Å². The molecule has 0 aromatic carbocycles. The van der Waals surface area contributed by atoms with Gasteiger partial charge in [-0.05, 0) is 6.08 Å². The number of alkyl halides is 9. The Morgan fingerprint density at radius 1 is 1.00 bits per heavy atom. The molecule has 1 rings (SSSR count). The first-order chi connectivity index (χ1) is 10.6. The maximum absolute atomic E-state index is 12.7. The van der Waals surface area contributed by atoms with Gasteiger partial charge in [-0.2, -0.15) is 39.5 Å². The maximum Gasteiger partial charge on any atom is 0.445 e. The number of nitrogens with one attached hydrogen (secondary N) is 2. The second-order valence-electron chi connectivity index (χ2n) is 4.00. The van der Waals surface area contributed by atoms with Crippen LogP contribution >= 0.6 is 11.3 Å². The molecule has 1 aromatic heterocycles. The molecule has 2 amide bonds. The number of halogens is 9. The van der Waals surface area contributed by atoms with Crippen molar-refractivity contribution in [1.82, 2.24) is 15.5 Å². The van der Waals surface area contributed by atoms with Gasteiger partial charge in [-0.3, -0.25) is 5.32 Å². The van der Waals surface area contributed by atoms with Gasteiger partial charge < -0.3 is 5.32 Å². The molecule has 0 saturated heterocycles. The lowest BCUT2D eigenvalue weighted by atomic mass is 9.98. The van der Waals surface area contributed by atoms with Crippen LogP contribution in [0.2, 0.25) is 0 Å². The van der Waals surface area contributed by atoms with Crippen molar-refractivity contribution in [2.24, 2.45) is 0 Å². The number of amides is 2. The molecule has 1 heterocycles. The van der Waals surface area contributed by atoms with Crippen LogP contribution in [0.25, 0.3) is 0 Å². The average molecular weight is 388 g/mol. The van der Waals surface area contributed by atoms with Gasteiger partial charge >= 0.3 is 24.6 Å². The van der Waals surface area contributed by atoms with E-state index in [1.807, 2.05) is 0 Å². The van der Waals surface area contributed by atoms with Crippen LogP contribution in [-0.2, 0) is 6.18 Å². The zero-order valence-corrected chi connectivity index (χ0v) is 11.7. The standard InChI is InChI=1S/C9H5F9N4OS/c1-2-6(8(13,14)15,9(16,17)18)20-4(23)19-5-22-21-3(24-5)7(10,11)12/h2H,1H2,(H2,19,20,22,23). The first-order valence-corrected chi connectivity index (χ1v) is 6.22. The number of rotatable bonds is 3. The molecule has 136 valence electrons. The predicted octanol–water partition coefficient (Wildman–Crippen LogP) is 3.73. The summed E-state index contributed by atoms with van der Waals surface area (Å²) in [6, 6.07) is -2.10. The van der Waals surface area contributed by atoms with E-state index in [0.29, 0.717) is 5.32 Å². The van der Waals surface area contributed by atoms with Gasteiger partial charge in [0.25, 0.3) is 5.54 Å². The molecule has 0 radical (unpaired) electrons. The van der Waals surface area contributed by atoms with Crippen LogP contribution in [0, 0.1) is 0 Å². The number of hydrogen-bond donors (Lipinski definition) is 2. The molecule has 0 aliphatic heterocycles. The summed E-state index contributed by atoms with van der Waals surface area (Å²) in [5, 5.41) is 4.78. The Morgan fingerprint density at radius 3 is 1.83 bits per heavy atom. The van der Waals surface area contributed by atoms with Crippen LogP contribution in [-0.4, -0.2) is 34.1 Å². The van der Waals surface area contributed by atoms with Gasteiger partial charge in [0.1, 0.15) is 0 Å². The quantitative estimate of drug-likeness (QED) is 0.613. The van der Waals surface area contributed by atoms with E-state index in [0.717, 1.165) is 0 Å². The molecule has 1 aromatic rings. The molecule has 0 aliphatic rings. The smallest absolute Gasteiger partial charge is 0.313 e. The maximum atomic E-state index is 12.7. The lowest BCUT2D eigenvalue weighted by molar-refractivity contribution is -0.286. The van der Waals surface area contributed by atoms with Gasteiger partial charge in [0, 0.05) is 0 Å². The lowest BCUT2D eigenvalue weighted by Crippen LogP contribution is -2.66. The number of nitrogens with zero attached hydrogens (tertiary/aromatic N) is 2. The Labute approximate surface area is 130 Å². The van der Waals surface area contributed by atoms with Crippen LogP contribution < -0.4 is 10.6 Å². The summed E-state index contributed by atoms with van der Waals surface area (Å²) in [7, 11) is 0. The molecule has 0 saturated carbocycles. The molecule has 15 heteroatoms. The molecule has 24 heavy (non-hydrogen) atoms. The normalized spacial score (nSPS) is 13.5. The first kappa shape index (κ1) is 20.0. The zero-order valence-electron chi connectivity index (χ0n) is 10.9. The highest BCUT2D eigenvalue weighted by Gasteiger charge is 2.70. The van der Waals surface area contributed by atoms with Crippen LogP contribution in [0.15, 0.2) is 12.7 Å². The largest absolute Gasteiger partial charge is 0.445 e. The van der Waals surface area contributed by atoms with E-state index in [1.54, 1.807) is 0 Å². The summed E-state index contributed by atoms with van der Waals surface area (Å²) in [6.45, 7) is 2.41. The SMILES string of the molecule is C=CC(NC(=O)Nc1nnc(C(F)(F)F)s1)(C(F)(F)F)C(F)(F)F. The monoisotopic (exact) mass is 388 g/mol. The molecule has 2 N–H and O–H groups in total. The third-order valence-electron chi connectivity index (χ3n) is 2.40. The topological polar surface area (TPSA) is 66.9 Å². The number of anilines is 1. The summed E-state index contributed by atoms with van der Waals surface area (Å²) in [5.41, 5.74) is -4.80. The number of aromatic nitrogens is 2. The van der Waals surface area contributed by atoms with Crippen molar-refractivity contribution in [3.05, 3.63) is 17.7 Å². The van der Waals surface area contributed by atoms with Crippen molar-refractivity contribution in [1.29, 1.82) is 0 Å². The summed E-state index contributed by atoms with van der Waals surface area (Å²) in [6.07, 6.45) is -17.6. The van der Waals surface area contributed by atoms with Gasteiger partial charge in [0.2, 0.25) is 10.1 Å². The fourth-order valence-electron chi connectivity index (χ4n) is 1.28. The molecule has 0 atom stereocenters. The van der Waals surface area contributed by atoms with Crippen LogP contribution in [0.3, 0.4) is 0 Å². The van der Waals surface area contributed by atoms with Crippen molar-refractivity contribution in [2.75, 3.05) is 5.32 Å². The average Bonchev–Trinajstić information content (AvgIpc) is 2.81. The Balaban J connectivity index is 3.03. The zero-order chi connectivity index (χ0) is 19.0. The fourth-order valence-corrected chi connectivity index (χ4v) is 1.89. The number of hydrogen-bond acceptors (Lipinski definition) is 4. The lowest BCUT2D eigenvalue weighted by Gasteiger charge is -2.34. The molecular formula is C9H5F9N4OS. The van der Waals surface area contributed by atoms with Gasteiger partial charge in [-0.1, -0.05) is 11.3 Å². The minimum Gasteiger partial charge on any atom is -0.313 e. The fraction of sp³-hybridized carbons (Fsp3) is 0.444. The molecule has 0 bridgehead atoms. The third-order valence-corrected chi connectivity index (χ3v) is 3.28. The van der Waals surface area contributed by atoms with Crippen molar-refractivity contribution < 1.29 is 44.3 Å². The first-order valence-electron chi connectivity index (χ1n) is 5.41. The second-order valence-corrected chi connectivity index (χ2v) is 4.97. The molecular weight excluding hydrogens is 383 g/mol. The number of carbonyl (C=O) groups is 1. The summed E-state index contributed by atoms with van der Waals surface area (Å²) < 4.78 is 113. The minimum atomic E-state index is -6.01. The van der Waals surface area contributed by atoms with Crippen molar-refractivity contribution in [3.8, 4) is 0 Å². The molecule has 0 unspecified atom stereocenters. The van der Waals surface area contributed by atoms with Gasteiger partial charge in [0.05, 0.1) is 0 Å². The Hall–Kier alpha value is -2.06. The Bertz CT molecular complexity index is 604. The molecule has 0 fully saturated rings. The number of carbonyl (C=O) groups excluding carboxylic acids is 1. The number of urea groups is 1. The van der Waals surface area contributed by atoms with E-state index in [4.69, 9.17) is 0 Å². The Kier molecular flexibility index (Phi) is 5.08. The highest BCUT2D eigenvalue weighted by atomic mass is 32.1. The van der Waals surface area contributed by atoms with Crippen LogP contribution in [0.4, 0.5) is 49.4 Å². The van der Waals surface area contributed by atoms with Crippen molar-refractivity contribution in [2.45, 2.75) is 24.1 Å². The van der Waals surface area contributed by atoms with Gasteiger partial charge in [-0.15, -0.1) is 16.8 Å². The minimum absolute atomic E-state index is 0.291. The highest BCUT2D eigenvalue weighted by molar-refractivity contribution is 7.15. The van der Waals surface area contributed by atoms with E-state index in [2.05, 4.69) is 16.8 Å². The summed E-state index contributed by atoms with van der Waals surface area (Å²) >= 11 is -0.291. The highest BCUT2D eigenvalue weighted by Crippen LogP contribution is 2.44. The van der Waals surface area contributed by atoms with Gasteiger partial charge in [0.15, 0.2) is 0 Å². The van der Waals surface area contributed by atoms with E-state index in [1.165, 1.54) is 5.32 Å². The van der Waals surface area contributed by atoms with E-state index in [-0.39, 0.29) is 11.3 Å². The third kappa shape index (κ3) is 3.88. The van der Waals surface area contributed by atoms with Crippen LogP contribution in [0.5, 0.6) is 0 Å².